The predicted octanol–water partition coefficient (Wildman–Crippen LogP) is 2.47. The first-order valence-electron chi connectivity index (χ1n) is 6.07. The molecule has 0 aliphatic rings. The van der Waals surface area contributed by atoms with E-state index in [0.717, 1.165) is 29.4 Å². The Bertz CT molecular complexity index is 546. The molecule has 3 nitrogen and oxygen atoms in total. The van der Waals surface area contributed by atoms with Crippen LogP contribution >= 0.6 is 11.6 Å². The third-order valence-electron chi connectivity index (χ3n) is 3.13. The van der Waals surface area contributed by atoms with E-state index in [2.05, 4.69) is 15.6 Å². The second-order valence-corrected chi connectivity index (χ2v) is 4.90. The number of aryl methyl sites for hydroxylation is 1. The van der Waals surface area contributed by atoms with E-state index in [9.17, 15) is 0 Å². The smallest absolute Gasteiger partial charge is 0.110 e. The molecule has 0 saturated heterocycles. The number of aromatic nitrogens is 2. The van der Waals surface area contributed by atoms with Crippen LogP contribution in [0.5, 0.6) is 0 Å². The Kier molecular flexibility index (Phi) is 4.04. The number of imidazole rings is 1. The summed E-state index contributed by atoms with van der Waals surface area (Å²) in [6.45, 7) is 2.67. The van der Waals surface area contributed by atoms with Gasteiger partial charge in [0.05, 0.1) is 5.69 Å². The molecule has 2 N–H and O–H groups in total. The number of benzene rings is 1. The van der Waals surface area contributed by atoms with Crippen molar-refractivity contribution < 1.29 is 0 Å². The summed E-state index contributed by atoms with van der Waals surface area (Å²) in [5.41, 5.74) is 9.09. The van der Waals surface area contributed by atoms with Crippen LogP contribution in [0.3, 0.4) is 0 Å². The summed E-state index contributed by atoms with van der Waals surface area (Å²) in [6.07, 6.45) is 1.66. The zero-order valence-corrected chi connectivity index (χ0v) is 11.5. The SMILES string of the molecule is Cc1nc(CCN)n(C)c1Cc1cccc(Cl)c1. The molecule has 0 radical (unpaired) electrons. The lowest BCUT2D eigenvalue weighted by Crippen LogP contribution is -2.09. The van der Waals surface area contributed by atoms with Gasteiger partial charge in [-0.05, 0) is 31.2 Å². The third-order valence-corrected chi connectivity index (χ3v) is 3.37. The van der Waals surface area contributed by atoms with Crippen LogP contribution in [0.2, 0.25) is 5.02 Å². The van der Waals surface area contributed by atoms with Crippen molar-refractivity contribution in [3.8, 4) is 0 Å². The first-order valence-corrected chi connectivity index (χ1v) is 6.45. The fourth-order valence-corrected chi connectivity index (χ4v) is 2.38. The van der Waals surface area contributed by atoms with Gasteiger partial charge in [-0.25, -0.2) is 4.98 Å². The van der Waals surface area contributed by atoms with Crippen molar-refractivity contribution in [3.63, 3.8) is 0 Å². The van der Waals surface area contributed by atoms with E-state index in [1.54, 1.807) is 0 Å². The van der Waals surface area contributed by atoms with Gasteiger partial charge in [-0.1, -0.05) is 23.7 Å². The molecule has 18 heavy (non-hydrogen) atoms. The molecule has 0 fully saturated rings. The zero-order valence-electron chi connectivity index (χ0n) is 10.8. The lowest BCUT2D eigenvalue weighted by atomic mass is 10.1. The molecule has 1 aromatic heterocycles. The maximum atomic E-state index is 6.01. The van der Waals surface area contributed by atoms with Crippen molar-refractivity contribution in [2.75, 3.05) is 6.54 Å². The molecule has 96 valence electrons. The van der Waals surface area contributed by atoms with Crippen LogP contribution in [0.25, 0.3) is 0 Å². The second-order valence-electron chi connectivity index (χ2n) is 4.46. The van der Waals surface area contributed by atoms with Crippen molar-refractivity contribution in [2.45, 2.75) is 19.8 Å². The van der Waals surface area contributed by atoms with Crippen LogP contribution in [0.15, 0.2) is 24.3 Å². The molecular formula is C14H18ClN3. The molecule has 1 heterocycles. The summed E-state index contributed by atoms with van der Waals surface area (Å²) in [5.74, 6) is 1.05. The van der Waals surface area contributed by atoms with Crippen LogP contribution in [-0.2, 0) is 19.9 Å². The maximum absolute atomic E-state index is 6.01. The molecule has 0 spiro atoms. The van der Waals surface area contributed by atoms with E-state index < -0.39 is 0 Å². The van der Waals surface area contributed by atoms with Crippen LogP contribution in [-0.4, -0.2) is 16.1 Å². The summed E-state index contributed by atoms with van der Waals surface area (Å²) in [7, 11) is 2.05. The van der Waals surface area contributed by atoms with Crippen molar-refractivity contribution in [3.05, 3.63) is 52.1 Å². The summed E-state index contributed by atoms with van der Waals surface area (Å²) < 4.78 is 2.14. The van der Waals surface area contributed by atoms with Gasteiger partial charge in [-0.2, -0.15) is 0 Å². The average molecular weight is 264 g/mol. The van der Waals surface area contributed by atoms with Gasteiger partial charge in [0.2, 0.25) is 0 Å². The molecular weight excluding hydrogens is 246 g/mol. The van der Waals surface area contributed by atoms with E-state index >= 15 is 0 Å². The Balaban J connectivity index is 2.29. The molecule has 0 atom stereocenters. The number of nitrogens with zero attached hydrogens (tertiary/aromatic N) is 2. The lowest BCUT2D eigenvalue weighted by Gasteiger charge is -2.06. The quantitative estimate of drug-likeness (QED) is 0.921. The fraction of sp³-hybridized carbons (Fsp3) is 0.357. The van der Waals surface area contributed by atoms with E-state index in [0.29, 0.717) is 6.54 Å². The topological polar surface area (TPSA) is 43.8 Å². The number of hydrogen-bond acceptors (Lipinski definition) is 2. The third kappa shape index (κ3) is 2.74. The maximum Gasteiger partial charge on any atom is 0.110 e. The minimum Gasteiger partial charge on any atom is -0.334 e. The summed E-state index contributed by atoms with van der Waals surface area (Å²) in [4.78, 5) is 4.57. The molecule has 0 saturated carbocycles. The molecule has 2 aromatic rings. The van der Waals surface area contributed by atoms with Crippen LogP contribution in [0.4, 0.5) is 0 Å². The Hall–Kier alpha value is -1.32. The Morgan fingerprint density at radius 3 is 2.83 bits per heavy atom. The van der Waals surface area contributed by atoms with Gasteiger partial charge in [-0.15, -0.1) is 0 Å². The minimum atomic E-state index is 0.626. The molecule has 0 aliphatic carbocycles. The van der Waals surface area contributed by atoms with Crippen molar-refractivity contribution in [1.82, 2.24) is 9.55 Å². The zero-order chi connectivity index (χ0) is 13.1. The molecule has 4 heteroatoms. The molecule has 0 unspecified atom stereocenters. The van der Waals surface area contributed by atoms with E-state index in [4.69, 9.17) is 17.3 Å². The van der Waals surface area contributed by atoms with Crippen molar-refractivity contribution in [1.29, 1.82) is 0 Å². The molecule has 0 aliphatic heterocycles. The second kappa shape index (κ2) is 5.55. The van der Waals surface area contributed by atoms with Gasteiger partial charge >= 0.3 is 0 Å². The Morgan fingerprint density at radius 2 is 2.17 bits per heavy atom. The van der Waals surface area contributed by atoms with Gasteiger partial charge in [0, 0.05) is 30.6 Å². The Morgan fingerprint density at radius 1 is 1.39 bits per heavy atom. The lowest BCUT2D eigenvalue weighted by molar-refractivity contribution is 0.749. The number of hydrogen-bond donors (Lipinski definition) is 1. The summed E-state index contributed by atoms with van der Waals surface area (Å²) in [5, 5.41) is 0.773. The highest BCUT2D eigenvalue weighted by Crippen LogP contribution is 2.18. The summed E-state index contributed by atoms with van der Waals surface area (Å²) >= 11 is 6.01. The standard InChI is InChI=1S/C14H18ClN3/c1-10-13(18(2)14(17-10)6-7-16)9-11-4-3-5-12(15)8-11/h3-5,8H,6-7,9,16H2,1-2H3. The molecule has 0 bridgehead atoms. The predicted molar refractivity (Wildman–Crippen MR) is 75.0 cm³/mol. The first-order chi connectivity index (χ1) is 8.61. The van der Waals surface area contributed by atoms with Crippen LogP contribution in [0.1, 0.15) is 22.8 Å². The number of halogens is 1. The van der Waals surface area contributed by atoms with E-state index in [1.165, 1.54) is 11.3 Å². The molecule has 0 amide bonds. The van der Waals surface area contributed by atoms with Gasteiger partial charge < -0.3 is 10.3 Å². The van der Waals surface area contributed by atoms with Gasteiger partial charge in [0.25, 0.3) is 0 Å². The molecule has 2 rings (SSSR count). The highest BCUT2D eigenvalue weighted by molar-refractivity contribution is 6.30. The highest BCUT2D eigenvalue weighted by atomic mass is 35.5. The van der Waals surface area contributed by atoms with Gasteiger partial charge in [0.1, 0.15) is 5.82 Å². The minimum absolute atomic E-state index is 0.626. The van der Waals surface area contributed by atoms with E-state index in [1.807, 2.05) is 32.2 Å². The number of rotatable bonds is 4. The van der Waals surface area contributed by atoms with Gasteiger partial charge in [0.15, 0.2) is 0 Å². The summed E-state index contributed by atoms with van der Waals surface area (Å²) in [6, 6.07) is 7.95. The molecule has 1 aromatic carbocycles. The largest absolute Gasteiger partial charge is 0.334 e. The number of nitrogens with two attached hydrogens (primary N) is 1. The van der Waals surface area contributed by atoms with E-state index in [-0.39, 0.29) is 0 Å². The fourth-order valence-electron chi connectivity index (χ4n) is 2.17. The Labute approximate surface area is 113 Å². The monoisotopic (exact) mass is 263 g/mol. The van der Waals surface area contributed by atoms with Crippen LogP contribution < -0.4 is 5.73 Å². The van der Waals surface area contributed by atoms with Crippen molar-refractivity contribution in [2.24, 2.45) is 12.8 Å². The highest BCUT2D eigenvalue weighted by Gasteiger charge is 2.11. The van der Waals surface area contributed by atoms with Crippen molar-refractivity contribution >= 4 is 11.6 Å². The van der Waals surface area contributed by atoms with Gasteiger partial charge in [-0.3, -0.25) is 0 Å². The van der Waals surface area contributed by atoms with Crippen LogP contribution in [0, 0.1) is 6.92 Å². The normalized spacial score (nSPS) is 10.9. The average Bonchev–Trinajstić information content (AvgIpc) is 2.58. The first kappa shape index (κ1) is 13.1.